The number of nitrogens with zero attached hydrogens (tertiary/aromatic N) is 2. The predicted octanol–water partition coefficient (Wildman–Crippen LogP) is 3.45. The van der Waals surface area contributed by atoms with E-state index in [4.69, 9.17) is 5.26 Å². The molecule has 0 bridgehead atoms. The molecule has 0 aromatic carbocycles. The van der Waals surface area contributed by atoms with Gasteiger partial charge in [0.1, 0.15) is 10.4 Å². The Morgan fingerprint density at radius 3 is 2.53 bits per heavy atom. The van der Waals surface area contributed by atoms with E-state index in [0.717, 1.165) is 17.1 Å². The molecule has 1 aromatic heterocycles. The Bertz CT molecular complexity index is 383. The Kier molecular flexibility index (Phi) is 3.51. The van der Waals surface area contributed by atoms with Crippen LogP contribution < -0.4 is 0 Å². The maximum absolute atomic E-state index is 9.05. The summed E-state index contributed by atoms with van der Waals surface area (Å²) in [6.45, 7) is 10.3. The molecule has 0 N–H and O–H groups in total. The lowest BCUT2D eigenvalue weighted by molar-refractivity contribution is 0.623. The molecule has 0 saturated carbocycles. The van der Waals surface area contributed by atoms with E-state index in [1.165, 1.54) is 4.88 Å². The molecule has 0 aliphatic carbocycles. The summed E-state index contributed by atoms with van der Waals surface area (Å²) in [4.78, 5) is 5.84. The molecule has 82 valence electrons. The van der Waals surface area contributed by atoms with Gasteiger partial charge in [-0.25, -0.2) is 4.98 Å². The Balaban J connectivity index is 3.02. The highest BCUT2D eigenvalue weighted by atomic mass is 32.1. The minimum Gasteiger partial charge on any atom is -0.244 e. The zero-order chi connectivity index (χ0) is 11.6. The third kappa shape index (κ3) is 2.79. The lowest BCUT2D eigenvalue weighted by Crippen LogP contribution is -2.13. The molecule has 0 saturated heterocycles. The third-order valence-corrected chi connectivity index (χ3v) is 3.65. The number of aromatic nitrogens is 1. The van der Waals surface area contributed by atoms with Crippen LogP contribution in [0.4, 0.5) is 0 Å². The van der Waals surface area contributed by atoms with Crippen LogP contribution in [-0.4, -0.2) is 4.98 Å². The molecule has 1 rings (SSSR count). The van der Waals surface area contributed by atoms with Crippen molar-refractivity contribution in [2.45, 2.75) is 46.5 Å². The van der Waals surface area contributed by atoms with Crippen LogP contribution in [0.15, 0.2) is 0 Å². The van der Waals surface area contributed by atoms with Gasteiger partial charge in [-0.1, -0.05) is 13.8 Å². The molecule has 0 aliphatic heterocycles. The molecule has 0 radical (unpaired) electrons. The fourth-order valence-electron chi connectivity index (χ4n) is 1.32. The number of hydrogen-bond donors (Lipinski definition) is 0. The zero-order valence-electron chi connectivity index (χ0n) is 10.1. The largest absolute Gasteiger partial charge is 0.244 e. The second-order valence-corrected chi connectivity index (χ2v) is 6.06. The first-order valence-electron chi connectivity index (χ1n) is 5.25. The van der Waals surface area contributed by atoms with E-state index in [1.54, 1.807) is 11.3 Å². The predicted molar refractivity (Wildman–Crippen MR) is 64.0 cm³/mol. The van der Waals surface area contributed by atoms with E-state index in [1.807, 2.05) is 13.8 Å². The van der Waals surface area contributed by atoms with Crippen LogP contribution >= 0.6 is 11.3 Å². The highest BCUT2D eigenvalue weighted by molar-refractivity contribution is 7.11. The van der Waals surface area contributed by atoms with Crippen molar-refractivity contribution in [3.63, 3.8) is 0 Å². The molecule has 0 amide bonds. The zero-order valence-corrected chi connectivity index (χ0v) is 10.9. The molecule has 1 heterocycles. The van der Waals surface area contributed by atoms with Gasteiger partial charge in [0.2, 0.25) is 0 Å². The van der Waals surface area contributed by atoms with E-state index in [9.17, 15) is 0 Å². The number of aryl methyl sites for hydroxylation is 1. The van der Waals surface area contributed by atoms with Crippen molar-refractivity contribution in [3.05, 3.63) is 15.6 Å². The van der Waals surface area contributed by atoms with Crippen LogP contribution in [0, 0.1) is 24.2 Å². The van der Waals surface area contributed by atoms with E-state index in [2.05, 4.69) is 31.8 Å². The van der Waals surface area contributed by atoms with Crippen molar-refractivity contribution in [2.75, 3.05) is 0 Å². The standard InChI is InChI=1S/C12H18N2S/c1-8(2)6-10-9(3)15-11(14-10)12(4,5)7-13/h8H,6H2,1-5H3. The lowest BCUT2D eigenvalue weighted by atomic mass is 9.97. The molecule has 0 spiro atoms. The summed E-state index contributed by atoms with van der Waals surface area (Å²) in [7, 11) is 0. The molecule has 0 fully saturated rings. The second kappa shape index (κ2) is 4.32. The Morgan fingerprint density at radius 1 is 1.47 bits per heavy atom. The SMILES string of the molecule is Cc1sc(C(C)(C)C#N)nc1CC(C)C. The van der Waals surface area contributed by atoms with Gasteiger partial charge in [-0.3, -0.25) is 0 Å². The van der Waals surface area contributed by atoms with Gasteiger partial charge in [0.05, 0.1) is 11.8 Å². The number of nitriles is 1. The van der Waals surface area contributed by atoms with Gasteiger partial charge < -0.3 is 0 Å². The average molecular weight is 222 g/mol. The Hall–Kier alpha value is -0.880. The highest BCUT2D eigenvalue weighted by Gasteiger charge is 2.25. The van der Waals surface area contributed by atoms with E-state index < -0.39 is 5.41 Å². The van der Waals surface area contributed by atoms with Gasteiger partial charge in [0.15, 0.2) is 0 Å². The molecule has 0 atom stereocenters. The lowest BCUT2D eigenvalue weighted by Gasteiger charge is -2.10. The number of hydrogen-bond acceptors (Lipinski definition) is 3. The Morgan fingerprint density at radius 2 is 2.07 bits per heavy atom. The first kappa shape index (κ1) is 12.2. The van der Waals surface area contributed by atoms with Gasteiger partial charge in [-0.15, -0.1) is 11.3 Å². The minimum absolute atomic E-state index is 0.454. The fraction of sp³-hybridized carbons (Fsp3) is 0.667. The quantitative estimate of drug-likeness (QED) is 0.785. The van der Waals surface area contributed by atoms with Crippen LogP contribution in [0.2, 0.25) is 0 Å². The van der Waals surface area contributed by atoms with E-state index in [-0.39, 0.29) is 0 Å². The van der Waals surface area contributed by atoms with Gasteiger partial charge in [0, 0.05) is 4.88 Å². The Labute approximate surface area is 96.0 Å². The van der Waals surface area contributed by atoms with E-state index in [0.29, 0.717) is 5.92 Å². The van der Waals surface area contributed by atoms with Gasteiger partial charge in [0.25, 0.3) is 0 Å². The average Bonchev–Trinajstić information content (AvgIpc) is 2.48. The summed E-state index contributed by atoms with van der Waals surface area (Å²) in [6.07, 6.45) is 1.00. The topological polar surface area (TPSA) is 36.7 Å². The van der Waals surface area contributed by atoms with Crippen LogP contribution in [0.3, 0.4) is 0 Å². The van der Waals surface area contributed by atoms with Crippen molar-refractivity contribution < 1.29 is 0 Å². The number of thiazole rings is 1. The highest BCUT2D eigenvalue weighted by Crippen LogP contribution is 2.29. The van der Waals surface area contributed by atoms with Gasteiger partial charge in [-0.2, -0.15) is 5.26 Å². The maximum atomic E-state index is 9.05. The summed E-state index contributed by atoms with van der Waals surface area (Å²) in [5.74, 6) is 0.615. The van der Waals surface area contributed by atoms with Crippen LogP contribution in [0.5, 0.6) is 0 Å². The second-order valence-electron chi connectivity index (χ2n) is 4.86. The summed E-state index contributed by atoms with van der Waals surface area (Å²) in [5, 5.41) is 9.99. The molecule has 0 aliphatic rings. The van der Waals surface area contributed by atoms with Crippen molar-refractivity contribution in [1.29, 1.82) is 5.26 Å². The smallest absolute Gasteiger partial charge is 0.113 e. The molecular formula is C12H18N2S. The molecule has 3 heteroatoms. The fourth-order valence-corrected chi connectivity index (χ4v) is 2.31. The van der Waals surface area contributed by atoms with Gasteiger partial charge in [-0.05, 0) is 33.1 Å². The minimum atomic E-state index is -0.454. The molecule has 2 nitrogen and oxygen atoms in total. The van der Waals surface area contributed by atoms with Crippen molar-refractivity contribution in [2.24, 2.45) is 5.92 Å². The third-order valence-electron chi connectivity index (χ3n) is 2.31. The summed E-state index contributed by atoms with van der Waals surface area (Å²) in [6, 6.07) is 2.30. The first-order chi connectivity index (χ1) is 6.86. The molecule has 15 heavy (non-hydrogen) atoms. The summed E-state index contributed by atoms with van der Waals surface area (Å²) >= 11 is 1.65. The normalized spacial score (nSPS) is 11.8. The molecular weight excluding hydrogens is 204 g/mol. The monoisotopic (exact) mass is 222 g/mol. The van der Waals surface area contributed by atoms with E-state index >= 15 is 0 Å². The maximum Gasteiger partial charge on any atom is 0.113 e. The summed E-state index contributed by atoms with van der Waals surface area (Å²) < 4.78 is 0. The number of rotatable bonds is 3. The van der Waals surface area contributed by atoms with Crippen LogP contribution in [0.1, 0.15) is 43.3 Å². The van der Waals surface area contributed by atoms with Gasteiger partial charge >= 0.3 is 0 Å². The van der Waals surface area contributed by atoms with Crippen LogP contribution in [0.25, 0.3) is 0 Å². The van der Waals surface area contributed by atoms with Crippen molar-refractivity contribution in [1.82, 2.24) is 4.98 Å². The molecule has 0 unspecified atom stereocenters. The van der Waals surface area contributed by atoms with Crippen molar-refractivity contribution >= 4 is 11.3 Å². The van der Waals surface area contributed by atoms with Crippen molar-refractivity contribution in [3.8, 4) is 6.07 Å². The first-order valence-corrected chi connectivity index (χ1v) is 6.06. The van der Waals surface area contributed by atoms with Crippen LogP contribution in [-0.2, 0) is 11.8 Å². The summed E-state index contributed by atoms with van der Waals surface area (Å²) in [5.41, 5.74) is 0.707. The molecule has 1 aromatic rings.